The molecule has 0 aromatic carbocycles. The average Bonchev–Trinajstić information content (AvgIpc) is 2.03. The molecule has 0 radical (unpaired) electrons. The maximum absolute atomic E-state index is 10.8. The first-order chi connectivity index (χ1) is 6.18. The Bertz CT molecular complexity index is 172. The van der Waals surface area contributed by atoms with E-state index in [1.165, 1.54) is 12.8 Å². The van der Waals surface area contributed by atoms with Gasteiger partial charge >= 0.3 is 0 Å². The van der Waals surface area contributed by atoms with Crippen molar-refractivity contribution in [2.45, 2.75) is 56.9 Å². The Kier molecular flexibility index (Phi) is 4.57. The molecule has 0 aliphatic heterocycles. The average molecular weight is 204 g/mol. The summed E-state index contributed by atoms with van der Waals surface area (Å²) in [6, 6.07) is 0.360. The summed E-state index contributed by atoms with van der Waals surface area (Å²) in [5.74, 6) is 0.0803. The molecule has 1 rings (SSSR count). The zero-order valence-corrected chi connectivity index (χ0v) is 8.94. The first-order valence-electron chi connectivity index (χ1n) is 5.09. The Morgan fingerprint density at radius 2 is 1.92 bits per heavy atom. The molecule has 0 saturated heterocycles. The normalized spacial score (nSPS) is 30.3. The number of carbonyl (C=O) groups excluding carboxylic acids is 1. The first kappa shape index (κ1) is 10.8. The minimum absolute atomic E-state index is 0.0803. The lowest BCUT2D eigenvalue weighted by Crippen LogP contribution is -2.34. The molecule has 13 heavy (non-hydrogen) atoms. The van der Waals surface area contributed by atoms with Gasteiger partial charge in [0.2, 0.25) is 5.91 Å². The molecule has 1 fully saturated rings. The van der Waals surface area contributed by atoms with E-state index in [2.05, 4.69) is 5.32 Å². The Morgan fingerprint density at radius 1 is 1.23 bits per heavy atom. The second-order valence-electron chi connectivity index (χ2n) is 3.86. The van der Waals surface area contributed by atoms with Gasteiger partial charge in [-0.15, -0.1) is 11.6 Å². The molecule has 2 nitrogen and oxygen atoms in total. The van der Waals surface area contributed by atoms with Crippen LogP contribution in [0.15, 0.2) is 0 Å². The Balaban J connectivity index is 2.32. The van der Waals surface area contributed by atoms with Crippen LogP contribution in [-0.2, 0) is 4.79 Å². The Morgan fingerprint density at radius 3 is 2.62 bits per heavy atom. The summed E-state index contributed by atoms with van der Waals surface area (Å²) >= 11 is 6.08. The number of nitrogens with one attached hydrogen (secondary N) is 1. The predicted octanol–water partition coefficient (Wildman–Crippen LogP) is 2.45. The van der Waals surface area contributed by atoms with Crippen LogP contribution in [-0.4, -0.2) is 17.3 Å². The van der Waals surface area contributed by atoms with Gasteiger partial charge in [-0.3, -0.25) is 4.79 Å². The number of hydrogen-bond acceptors (Lipinski definition) is 1. The molecular formula is C10H18ClNO. The van der Waals surface area contributed by atoms with Crippen LogP contribution in [0.25, 0.3) is 0 Å². The summed E-state index contributed by atoms with van der Waals surface area (Å²) in [7, 11) is 0. The van der Waals surface area contributed by atoms with Crippen LogP contribution >= 0.6 is 11.6 Å². The summed E-state index contributed by atoms with van der Waals surface area (Å²) in [6.07, 6.45) is 6.70. The van der Waals surface area contributed by atoms with Crippen molar-refractivity contribution in [2.75, 3.05) is 0 Å². The highest BCUT2D eigenvalue weighted by molar-refractivity contribution is 6.20. The minimum Gasteiger partial charge on any atom is -0.354 e. The molecule has 3 heteroatoms. The van der Waals surface area contributed by atoms with Crippen molar-refractivity contribution in [3.63, 3.8) is 0 Å². The molecule has 1 aliphatic rings. The third kappa shape index (κ3) is 4.51. The van der Waals surface area contributed by atoms with Gasteiger partial charge in [-0.25, -0.2) is 0 Å². The number of halogens is 1. The fourth-order valence-corrected chi connectivity index (χ4v) is 2.14. The van der Waals surface area contributed by atoms with Gasteiger partial charge in [0.1, 0.15) is 0 Å². The Hall–Kier alpha value is -0.240. The van der Waals surface area contributed by atoms with E-state index in [4.69, 9.17) is 11.6 Å². The molecule has 76 valence electrons. The first-order valence-corrected chi connectivity index (χ1v) is 5.53. The molecule has 0 spiro atoms. The van der Waals surface area contributed by atoms with Gasteiger partial charge in [-0.05, 0) is 25.7 Å². The molecule has 0 aromatic heterocycles. The predicted molar refractivity (Wildman–Crippen MR) is 54.9 cm³/mol. The Labute approximate surface area is 85.0 Å². The van der Waals surface area contributed by atoms with E-state index in [1.807, 2.05) is 0 Å². The van der Waals surface area contributed by atoms with Crippen molar-refractivity contribution >= 4 is 17.5 Å². The maximum atomic E-state index is 10.8. The molecule has 1 aliphatic carbocycles. The van der Waals surface area contributed by atoms with E-state index in [1.54, 1.807) is 6.92 Å². The molecule has 1 amide bonds. The fourth-order valence-electron chi connectivity index (χ4n) is 1.86. The zero-order valence-electron chi connectivity index (χ0n) is 8.18. The topological polar surface area (TPSA) is 29.1 Å². The van der Waals surface area contributed by atoms with Crippen LogP contribution in [0.3, 0.4) is 0 Å². The van der Waals surface area contributed by atoms with Crippen molar-refractivity contribution in [1.29, 1.82) is 0 Å². The highest BCUT2D eigenvalue weighted by Crippen LogP contribution is 2.21. The van der Waals surface area contributed by atoms with Gasteiger partial charge in [-0.1, -0.05) is 12.8 Å². The molecule has 2 unspecified atom stereocenters. The fraction of sp³-hybridized carbons (Fsp3) is 0.900. The summed E-state index contributed by atoms with van der Waals surface area (Å²) in [5.41, 5.74) is 0. The monoisotopic (exact) mass is 203 g/mol. The van der Waals surface area contributed by atoms with Crippen LogP contribution in [0, 0.1) is 0 Å². The van der Waals surface area contributed by atoms with Crippen molar-refractivity contribution in [3.05, 3.63) is 0 Å². The van der Waals surface area contributed by atoms with Crippen molar-refractivity contribution in [3.8, 4) is 0 Å². The molecule has 1 N–H and O–H groups in total. The molecule has 0 aromatic rings. The SMILES string of the molecule is CC(=O)NC1CCCCC(Cl)CC1. The van der Waals surface area contributed by atoms with E-state index in [0.29, 0.717) is 11.4 Å². The minimum atomic E-state index is 0.0803. The number of amides is 1. The van der Waals surface area contributed by atoms with Crippen LogP contribution in [0.5, 0.6) is 0 Å². The molecular weight excluding hydrogens is 186 g/mol. The quantitative estimate of drug-likeness (QED) is 0.652. The van der Waals surface area contributed by atoms with E-state index in [9.17, 15) is 4.79 Å². The summed E-state index contributed by atoms with van der Waals surface area (Å²) in [4.78, 5) is 10.8. The van der Waals surface area contributed by atoms with Gasteiger partial charge in [0.05, 0.1) is 0 Å². The van der Waals surface area contributed by atoms with Gasteiger partial charge in [-0.2, -0.15) is 0 Å². The van der Waals surface area contributed by atoms with Crippen molar-refractivity contribution in [2.24, 2.45) is 0 Å². The van der Waals surface area contributed by atoms with Crippen LogP contribution in [0.4, 0.5) is 0 Å². The lowest BCUT2D eigenvalue weighted by molar-refractivity contribution is -0.119. The second kappa shape index (κ2) is 5.48. The number of hydrogen-bond donors (Lipinski definition) is 1. The van der Waals surface area contributed by atoms with E-state index < -0.39 is 0 Å². The molecule has 0 heterocycles. The summed E-state index contributed by atoms with van der Waals surface area (Å²) in [6.45, 7) is 1.58. The maximum Gasteiger partial charge on any atom is 0.217 e. The second-order valence-corrected chi connectivity index (χ2v) is 4.47. The summed E-state index contributed by atoms with van der Waals surface area (Å²) in [5, 5.41) is 3.29. The number of carbonyl (C=O) groups is 1. The largest absolute Gasteiger partial charge is 0.354 e. The number of alkyl halides is 1. The van der Waals surface area contributed by atoms with E-state index in [-0.39, 0.29) is 5.91 Å². The highest BCUT2D eigenvalue weighted by Gasteiger charge is 2.15. The van der Waals surface area contributed by atoms with Gasteiger partial charge in [0, 0.05) is 18.3 Å². The van der Waals surface area contributed by atoms with Crippen molar-refractivity contribution < 1.29 is 4.79 Å². The summed E-state index contributed by atoms with van der Waals surface area (Å²) < 4.78 is 0. The van der Waals surface area contributed by atoms with Gasteiger partial charge < -0.3 is 5.32 Å². The zero-order chi connectivity index (χ0) is 9.68. The third-order valence-electron chi connectivity index (χ3n) is 2.56. The molecule has 0 bridgehead atoms. The lowest BCUT2D eigenvalue weighted by Gasteiger charge is -2.22. The van der Waals surface area contributed by atoms with Crippen molar-refractivity contribution in [1.82, 2.24) is 5.32 Å². The number of rotatable bonds is 1. The standard InChI is InChI=1S/C10H18ClNO/c1-8(13)12-10-5-3-2-4-9(11)6-7-10/h9-10H,2-7H2,1H3,(H,12,13). The van der Waals surface area contributed by atoms with Gasteiger partial charge in [0.15, 0.2) is 0 Å². The van der Waals surface area contributed by atoms with Crippen LogP contribution < -0.4 is 5.32 Å². The smallest absolute Gasteiger partial charge is 0.217 e. The molecule has 2 atom stereocenters. The third-order valence-corrected chi connectivity index (χ3v) is 2.99. The van der Waals surface area contributed by atoms with Crippen LogP contribution in [0.2, 0.25) is 0 Å². The van der Waals surface area contributed by atoms with E-state index >= 15 is 0 Å². The van der Waals surface area contributed by atoms with Crippen LogP contribution in [0.1, 0.15) is 45.4 Å². The molecule has 1 saturated carbocycles. The lowest BCUT2D eigenvalue weighted by atomic mass is 9.96. The van der Waals surface area contributed by atoms with Gasteiger partial charge in [0.25, 0.3) is 0 Å². The highest BCUT2D eigenvalue weighted by atomic mass is 35.5. The van der Waals surface area contributed by atoms with E-state index in [0.717, 1.165) is 25.7 Å².